The smallest absolute Gasteiger partial charge is 0.137 e. The van der Waals surface area contributed by atoms with Gasteiger partial charge in [0, 0.05) is 0 Å². The summed E-state index contributed by atoms with van der Waals surface area (Å²) >= 11 is 0. The molecule has 0 aliphatic heterocycles. The standard InChI is InChI=1S/C20H23N3/c1-3-4-13-20(23-16-21-15-22-23,18-10-6-5-7-11-18)19-12-8-9-17(2)14-19/h5-12,14-16H,3-4,13H2,1-2H3. The van der Waals surface area contributed by atoms with Crippen molar-refractivity contribution in [3.8, 4) is 0 Å². The van der Waals surface area contributed by atoms with Crippen LogP contribution in [0.15, 0.2) is 67.3 Å². The van der Waals surface area contributed by atoms with Crippen LogP contribution in [0.1, 0.15) is 42.9 Å². The van der Waals surface area contributed by atoms with Crippen molar-refractivity contribution >= 4 is 0 Å². The summed E-state index contributed by atoms with van der Waals surface area (Å²) in [6.07, 6.45) is 6.74. The zero-order valence-corrected chi connectivity index (χ0v) is 13.8. The van der Waals surface area contributed by atoms with Crippen molar-refractivity contribution in [2.24, 2.45) is 0 Å². The third kappa shape index (κ3) is 2.91. The molecule has 1 heterocycles. The maximum atomic E-state index is 4.53. The molecule has 3 heteroatoms. The third-order valence-corrected chi connectivity index (χ3v) is 4.45. The molecule has 0 spiro atoms. The summed E-state index contributed by atoms with van der Waals surface area (Å²) in [4.78, 5) is 4.22. The molecule has 3 rings (SSSR count). The first kappa shape index (κ1) is 15.5. The lowest BCUT2D eigenvalue weighted by atomic mass is 9.78. The molecule has 0 bridgehead atoms. The maximum Gasteiger partial charge on any atom is 0.137 e. The molecule has 23 heavy (non-hydrogen) atoms. The largest absolute Gasteiger partial charge is 0.238 e. The number of nitrogens with zero attached hydrogens (tertiary/aromatic N) is 3. The lowest BCUT2D eigenvalue weighted by Crippen LogP contribution is -2.37. The molecular weight excluding hydrogens is 282 g/mol. The van der Waals surface area contributed by atoms with Crippen molar-refractivity contribution in [1.29, 1.82) is 0 Å². The second kappa shape index (κ2) is 6.78. The van der Waals surface area contributed by atoms with Gasteiger partial charge in [0.1, 0.15) is 18.2 Å². The van der Waals surface area contributed by atoms with Gasteiger partial charge in [0.2, 0.25) is 0 Å². The zero-order chi connectivity index (χ0) is 16.1. The summed E-state index contributed by atoms with van der Waals surface area (Å²) < 4.78 is 2.02. The molecule has 0 fully saturated rings. The molecule has 3 aromatic rings. The molecule has 3 nitrogen and oxygen atoms in total. The van der Waals surface area contributed by atoms with Crippen LogP contribution in [0, 0.1) is 6.92 Å². The van der Waals surface area contributed by atoms with Gasteiger partial charge in [-0.15, -0.1) is 0 Å². The second-order valence-electron chi connectivity index (χ2n) is 6.04. The van der Waals surface area contributed by atoms with Crippen molar-refractivity contribution in [3.63, 3.8) is 0 Å². The zero-order valence-electron chi connectivity index (χ0n) is 13.8. The summed E-state index contributed by atoms with van der Waals surface area (Å²) in [5.41, 5.74) is 3.48. The average Bonchev–Trinajstić information content (AvgIpc) is 3.12. The fraction of sp³-hybridized carbons (Fsp3) is 0.300. The number of aromatic nitrogens is 3. The van der Waals surface area contributed by atoms with E-state index in [9.17, 15) is 0 Å². The van der Waals surface area contributed by atoms with E-state index in [0.29, 0.717) is 0 Å². The van der Waals surface area contributed by atoms with Gasteiger partial charge in [-0.2, -0.15) is 5.10 Å². The van der Waals surface area contributed by atoms with Gasteiger partial charge >= 0.3 is 0 Å². The number of rotatable bonds is 6. The van der Waals surface area contributed by atoms with Gasteiger partial charge in [-0.3, -0.25) is 0 Å². The van der Waals surface area contributed by atoms with E-state index >= 15 is 0 Å². The summed E-state index contributed by atoms with van der Waals surface area (Å²) in [6, 6.07) is 19.4. The first-order chi connectivity index (χ1) is 11.3. The van der Waals surface area contributed by atoms with E-state index < -0.39 is 0 Å². The van der Waals surface area contributed by atoms with Crippen LogP contribution in [-0.2, 0) is 5.54 Å². The Kier molecular flexibility index (Phi) is 4.56. The Balaban J connectivity index is 2.26. The molecule has 2 aromatic carbocycles. The summed E-state index contributed by atoms with van der Waals surface area (Å²) in [6.45, 7) is 4.37. The van der Waals surface area contributed by atoms with Crippen LogP contribution in [-0.4, -0.2) is 14.8 Å². The van der Waals surface area contributed by atoms with Gasteiger partial charge in [-0.25, -0.2) is 9.67 Å². The number of benzene rings is 2. The number of unbranched alkanes of at least 4 members (excludes halogenated alkanes) is 1. The van der Waals surface area contributed by atoms with Crippen molar-refractivity contribution in [2.75, 3.05) is 0 Å². The predicted molar refractivity (Wildman–Crippen MR) is 93.3 cm³/mol. The molecule has 0 aliphatic carbocycles. The van der Waals surface area contributed by atoms with Crippen LogP contribution in [0.4, 0.5) is 0 Å². The highest BCUT2D eigenvalue weighted by atomic mass is 15.4. The Bertz CT molecular complexity index is 735. The van der Waals surface area contributed by atoms with E-state index in [0.717, 1.165) is 19.3 Å². The van der Waals surface area contributed by atoms with Crippen molar-refractivity contribution in [3.05, 3.63) is 83.9 Å². The lowest BCUT2D eigenvalue weighted by Gasteiger charge is -2.35. The highest BCUT2D eigenvalue weighted by Crippen LogP contribution is 2.38. The molecule has 1 atom stereocenters. The first-order valence-corrected chi connectivity index (χ1v) is 8.25. The van der Waals surface area contributed by atoms with Crippen LogP contribution in [0.3, 0.4) is 0 Å². The molecule has 0 amide bonds. The highest BCUT2D eigenvalue weighted by molar-refractivity contribution is 5.40. The van der Waals surface area contributed by atoms with E-state index in [1.165, 1.54) is 16.7 Å². The molecule has 0 saturated heterocycles. The molecule has 0 saturated carbocycles. The van der Waals surface area contributed by atoms with Crippen molar-refractivity contribution in [2.45, 2.75) is 38.6 Å². The van der Waals surface area contributed by atoms with Crippen LogP contribution in [0.2, 0.25) is 0 Å². The van der Waals surface area contributed by atoms with Gasteiger partial charge in [-0.05, 0) is 24.5 Å². The fourth-order valence-corrected chi connectivity index (χ4v) is 3.29. The molecule has 0 radical (unpaired) electrons. The monoisotopic (exact) mass is 305 g/mol. The van der Waals surface area contributed by atoms with Crippen molar-refractivity contribution in [1.82, 2.24) is 14.8 Å². The molecule has 1 unspecified atom stereocenters. The Morgan fingerprint density at radius 1 is 1.00 bits per heavy atom. The van der Waals surface area contributed by atoms with Gasteiger partial charge in [0.25, 0.3) is 0 Å². The lowest BCUT2D eigenvalue weighted by molar-refractivity contribution is 0.348. The predicted octanol–water partition coefficient (Wildman–Crippen LogP) is 4.57. The van der Waals surface area contributed by atoms with Crippen LogP contribution in [0.25, 0.3) is 0 Å². The van der Waals surface area contributed by atoms with E-state index in [1.54, 1.807) is 6.33 Å². The van der Waals surface area contributed by atoms with Gasteiger partial charge in [0.15, 0.2) is 0 Å². The minimum Gasteiger partial charge on any atom is -0.238 e. The van der Waals surface area contributed by atoms with E-state index in [2.05, 4.69) is 78.5 Å². The summed E-state index contributed by atoms with van der Waals surface area (Å²) in [5, 5.41) is 4.53. The van der Waals surface area contributed by atoms with E-state index in [-0.39, 0.29) is 5.54 Å². The Labute approximate surface area is 138 Å². The van der Waals surface area contributed by atoms with E-state index in [1.807, 2.05) is 11.0 Å². The first-order valence-electron chi connectivity index (χ1n) is 8.25. The van der Waals surface area contributed by atoms with Gasteiger partial charge in [0.05, 0.1) is 0 Å². The molecule has 118 valence electrons. The Morgan fingerprint density at radius 2 is 1.78 bits per heavy atom. The molecule has 1 aromatic heterocycles. The van der Waals surface area contributed by atoms with Gasteiger partial charge in [-0.1, -0.05) is 79.9 Å². The maximum absolute atomic E-state index is 4.53. The summed E-state index contributed by atoms with van der Waals surface area (Å²) in [5.74, 6) is 0. The quantitative estimate of drug-likeness (QED) is 0.668. The summed E-state index contributed by atoms with van der Waals surface area (Å²) in [7, 11) is 0. The topological polar surface area (TPSA) is 30.7 Å². The van der Waals surface area contributed by atoms with Crippen LogP contribution >= 0.6 is 0 Å². The molecular formula is C20H23N3. The molecule has 0 aliphatic rings. The Morgan fingerprint density at radius 3 is 2.43 bits per heavy atom. The fourth-order valence-electron chi connectivity index (χ4n) is 3.29. The van der Waals surface area contributed by atoms with Gasteiger partial charge < -0.3 is 0 Å². The SMILES string of the molecule is CCCCC(c1ccccc1)(c1cccc(C)c1)n1cncn1. The molecule has 0 N–H and O–H groups in total. The minimum absolute atomic E-state index is 0.306. The van der Waals surface area contributed by atoms with Crippen molar-refractivity contribution < 1.29 is 0 Å². The van der Waals surface area contributed by atoms with Crippen LogP contribution in [0.5, 0.6) is 0 Å². The Hall–Kier alpha value is -2.42. The average molecular weight is 305 g/mol. The number of hydrogen-bond acceptors (Lipinski definition) is 2. The number of hydrogen-bond donors (Lipinski definition) is 0. The second-order valence-corrected chi connectivity index (χ2v) is 6.04. The van der Waals surface area contributed by atoms with E-state index in [4.69, 9.17) is 0 Å². The minimum atomic E-state index is -0.306. The third-order valence-electron chi connectivity index (χ3n) is 4.45. The highest BCUT2D eigenvalue weighted by Gasteiger charge is 2.36. The number of aryl methyl sites for hydroxylation is 1. The normalized spacial score (nSPS) is 13.7. The van der Waals surface area contributed by atoms with Crippen LogP contribution < -0.4 is 0 Å².